The van der Waals surface area contributed by atoms with Gasteiger partial charge >= 0.3 is 7.12 Å². The van der Waals surface area contributed by atoms with Crippen molar-refractivity contribution in [1.82, 2.24) is 0 Å². The Morgan fingerprint density at radius 1 is 1.03 bits per heavy atom. The van der Waals surface area contributed by atoms with E-state index in [-0.39, 0.29) is 6.61 Å². The summed E-state index contributed by atoms with van der Waals surface area (Å²) in [6, 6.07) is 7.40. The number of nitriles is 1. The molecule has 1 saturated heterocycles. The van der Waals surface area contributed by atoms with E-state index in [1.165, 1.54) is 0 Å². The Bertz CT molecular complexity index is 707. The van der Waals surface area contributed by atoms with Crippen molar-refractivity contribution < 1.29 is 28.6 Å². The van der Waals surface area contributed by atoms with Crippen molar-refractivity contribution in [1.29, 1.82) is 5.26 Å². The lowest BCUT2D eigenvalue weighted by molar-refractivity contribution is 0.00578. The van der Waals surface area contributed by atoms with E-state index in [0.29, 0.717) is 37.7 Å². The molecule has 1 aromatic carbocycles. The second-order valence-electron chi connectivity index (χ2n) is 8.76. The van der Waals surface area contributed by atoms with E-state index < -0.39 is 23.9 Å². The lowest BCUT2D eigenvalue weighted by Gasteiger charge is -2.32. The molecule has 0 atom stereocenters. The van der Waals surface area contributed by atoms with Crippen molar-refractivity contribution in [2.75, 3.05) is 26.4 Å². The minimum Gasteiger partial charge on any atom is -0.487 e. The summed E-state index contributed by atoms with van der Waals surface area (Å²) in [5.74, 6) is 0.974. The van der Waals surface area contributed by atoms with Gasteiger partial charge in [-0.3, -0.25) is 0 Å². The van der Waals surface area contributed by atoms with Crippen molar-refractivity contribution in [2.24, 2.45) is 0 Å². The summed E-state index contributed by atoms with van der Waals surface area (Å²) in [5, 5.41) is 18.5. The van der Waals surface area contributed by atoms with Gasteiger partial charge in [0, 0.05) is 6.61 Å². The Kier molecular flexibility index (Phi) is 7.58. The number of nitrogens with zero attached hydrogens (tertiary/aromatic N) is 1. The van der Waals surface area contributed by atoms with E-state index in [0.717, 1.165) is 5.46 Å². The SMILES string of the molecule is CC(C)(O)CCOCCOc1ccc(B2OC(C)(C)C(C)(C)O2)cc1OCC#N. The van der Waals surface area contributed by atoms with E-state index >= 15 is 0 Å². The number of rotatable bonds is 10. The summed E-state index contributed by atoms with van der Waals surface area (Å²) >= 11 is 0. The monoisotopic (exact) mass is 405 g/mol. The van der Waals surface area contributed by atoms with Gasteiger partial charge in [-0.15, -0.1) is 0 Å². The number of aliphatic hydroxyl groups is 1. The van der Waals surface area contributed by atoms with Gasteiger partial charge in [-0.25, -0.2) is 0 Å². The molecule has 1 N–H and O–H groups in total. The Labute approximate surface area is 174 Å². The third-order valence-corrected chi connectivity index (χ3v) is 5.13. The second kappa shape index (κ2) is 9.35. The molecule has 1 fully saturated rings. The number of hydrogen-bond acceptors (Lipinski definition) is 7. The fourth-order valence-corrected chi connectivity index (χ4v) is 2.63. The summed E-state index contributed by atoms with van der Waals surface area (Å²) < 4.78 is 28.9. The Balaban J connectivity index is 2.00. The molecule has 2 rings (SSSR count). The zero-order valence-electron chi connectivity index (χ0n) is 18.3. The molecule has 1 heterocycles. The first-order valence-electron chi connectivity index (χ1n) is 9.87. The summed E-state index contributed by atoms with van der Waals surface area (Å²) in [6.45, 7) is 12.5. The average molecular weight is 405 g/mol. The molecule has 1 aromatic rings. The minimum atomic E-state index is -0.748. The average Bonchev–Trinajstić information content (AvgIpc) is 2.83. The van der Waals surface area contributed by atoms with E-state index in [1.54, 1.807) is 26.0 Å². The molecular formula is C21H32BNO6. The highest BCUT2D eigenvalue weighted by Gasteiger charge is 2.51. The van der Waals surface area contributed by atoms with Crippen LogP contribution in [0, 0.1) is 11.3 Å². The molecular weight excluding hydrogens is 373 g/mol. The third-order valence-electron chi connectivity index (χ3n) is 5.13. The molecule has 0 spiro atoms. The Hall–Kier alpha value is -1.79. The standard InChI is InChI=1S/C21H32BNO6/c1-19(2,24)9-11-25-13-14-27-17-8-7-16(15-18(17)26-12-10-23)22-28-20(3,4)21(5,6)29-22/h7-8,15,24H,9,11-14H2,1-6H3. The second-order valence-corrected chi connectivity index (χ2v) is 8.76. The van der Waals surface area contributed by atoms with Gasteiger partial charge in [0.1, 0.15) is 12.7 Å². The van der Waals surface area contributed by atoms with Crippen molar-refractivity contribution in [2.45, 2.75) is 64.8 Å². The topological polar surface area (TPSA) is 90.2 Å². The highest BCUT2D eigenvalue weighted by atomic mass is 16.7. The molecule has 0 bridgehead atoms. The maximum absolute atomic E-state index is 9.68. The van der Waals surface area contributed by atoms with Crippen LogP contribution in [0.1, 0.15) is 48.0 Å². The summed E-state index contributed by atoms with van der Waals surface area (Å²) in [6.07, 6.45) is 0.548. The number of benzene rings is 1. The molecule has 160 valence electrons. The summed E-state index contributed by atoms with van der Waals surface area (Å²) in [7, 11) is -0.524. The Morgan fingerprint density at radius 2 is 1.69 bits per heavy atom. The number of hydrogen-bond donors (Lipinski definition) is 1. The fraction of sp³-hybridized carbons (Fsp3) is 0.667. The van der Waals surface area contributed by atoms with Crippen molar-refractivity contribution >= 4 is 12.6 Å². The highest BCUT2D eigenvalue weighted by molar-refractivity contribution is 6.62. The van der Waals surface area contributed by atoms with Crippen LogP contribution in [0.5, 0.6) is 11.5 Å². The van der Waals surface area contributed by atoms with Gasteiger partial charge in [0.25, 0.3) is 0 Å². The smallest absolute Gasteiger partial charge is 0.487 e. The van der Waals surface area contributed by atoms with Gasteiger partial charge in [0.15, 0.2) is 18.1 Å². The molecule has 7 nitrogen and oxygen atoms in total. The first kappa shape index (κ1) is 23.5. The van der Waals surface area contributed by atoms with E-state index in [1.807, 2.05) is 39.8 Å². The van der Waals surface area contributed by atoms with Gasteiger partial charge < -0.3 is 28.6 Å². The maximum atomic E-state index is 9.68. The largest absolute Gasteiger partial charge is 0.494 e. The molecule has 0 unspecified atom stereocenters. The first-order valence-corrected chi connectivity index (χ1v) is 9.87. The fourth-order valence-electron chi connectivity index (χ4n) is 2.63. The van der Waals surface area contributed by atoms with Crippen LogP contribution in [0.25, 0.3) is 0 Å². The van der Waals surface area contributed by atoms with Crippen LogP contribution in [0.2, 0.25) is 0 Å². The molecule has 0 amide bonds. The van der Waals surface area contributed by atoms with E-state index in [2.05, 4.69) is 0 Å². The predicted molar refractivity (Wildman–Crippen MR) is 110 cm³/mol. The lowest BCUT2D eigenvalue weighted by Crippen LogP contribution is -2.41. The Morgan fingerprint density at radius 3 is 2.28 bits per heavy atom. The third kappa shape index (κ3) is 6.61. The van der Waals surface area contributed by atoms with Gasteiger partial charge in [0.2, 0.25) is 0 Å². The minimum absolute atomic E-state index is 0.0920. The summed E-state index contributed by atoms with van der Waals surface area (Å²) in [5.41, 5.74) is -0.838. The van der Waals surface area contributed by atoms with Crippen LogP contribution < -0.4 is 14.9 Å². The van der Waals surface area contributed by atoms with Crippen LogP contribution in [-0.2, 0) is 14.0 Å². The van der Waals surface area contributed by atoms with Crippen molar-refractivity contribution in [3.05, 3.63) is 18.2 Å². The quantitative estimate of drug-likeness (QED) is 0.472. The molecule has 0 aliphatic carbocycles. The van der Waals surface area contributed by atoms with Gasteiger partial charge in [-0.1, -0.05) is 6.07 Å². The molecule has 29 heavy (non-hydrogen) atoms. The van der Waals surface area contributed by atoms with Gasteiger partial charge in [0.05, 0.1) is 23.4 Å². The summed E-state index contributed by atoms with van der Waals surface area (Å²) in [4.78, 5) is 0. The van der Waals surface area contributed by atoms with Crippen LogP contribution in [0.3, 0.4) is 0 Å². The van der Waals surface area contributed by atoms with Crippen molar-refractivity contribution in [3.8, 4) is 17.6 Å². The van der Waals surface area contributed by atoms with E-state index in [4.69, 9.17) is 28.8 Å². The lowest BCUT2D eigenvalue weighted by atomic mass is 9.79. The van der Waals surface area contributed by atoms with E-state index in [9.17, 15) is 5.11 Å². The zero-order valence-corrected chi connectivity index (χ0v) is 18.3. The molecule has 1 aliphatic rings. The van der Waals surface area contributed by atoms with Gasteiger partial charge in [-0.2, -0.15) is 5.26 Å². The number of ether oxygens (including phenoxy) is 3. The molecule has 1 aliphatic heterocycles. The van der Waals surface area contributed by atoms with Crippen molar-refractivity contribution in [3.63, 3.8) is 0 Å². The normalized spacial score (nSPS) is 17.8. The molecule has 0 saturated carbocycles. The van der Waals surface area contributed by atoms with Crippen LogP contribution in [0.15, 0.2) is 18.2 Å². The van der Waals surface area contributed by atoms with Gasteiger partial charge in [-0.05, 0) is 65.6 Å². The predicted octanol–water partition coefficient (Wildman–Crippen LogP) is 2.44. The molecule has 8 heteroatoms. The highest BCUT2D eigenvalue weighted by Crippen LogP contribution is 2.37. The molecule has 0 aromatic heterocycles. The van der Waals surface area contributed by atoms with Crippen LogP contribution in [-0.4, -0.2) is 55.5 Å². The molecule has 0 radical (unpaired) electrons. The first-order chi connectivity index (χ1) is 13.5. The zero-order chi connectivity index (χ0) is 21.7. The van der Waals surface area contributed by atoms with Crippen LogP contribution in [0.4, 0.5) is 0 Å². The van der Waals surface area contributed by atoms with Crippen LogP contribution >= 0.6 is 0 Å². The maximum Gasteiger partial charge on any atom is 0.494 e.